The van der Waals surface area contributed by atoms with Crippen molar-refractivity contribution in [3.8, 4) is 5.75 Å². The van der Waals surface area contributed by atoms with E-state index in [1.807, 2.05) is 0 Å². The maximum absolute atomic E-state index is 11.6. The number of carbonyl (C=O) groups excluding carboxylic acids is 2. The number of benzene rings is 2. The van der Waals surface area contributed by atoms with Gasteiger partial charge in [-0.15, -0.1) is 0 Å². The average Bonchev–Trinajstić information content (AvgIpc) is 2.60. The molecule has 2 aromatic carbocycles. The molecule has 0 bridgehead atoms. The van der Waals surface area contributed by atoms with Gasteiger partial charge < -0.3 is 15.4 Å². The molecule has 1 atom stereocenters. The highest BCUT2D eigenvalue weighted by Crippen LogP contribution is 2.41. The number of ketones is 1. The zero-order valence-electron chi connectivity index (χ0n) is 13.3. The lowest BCUT2D eigenvalue weighted by Crippen LogP contribution is -2.45. The summed E-state index contributed by atoms with van der Waals surface area (Å²) in [5, 5.41) is 11.5. The third-order valence-electron chi connectivity index (χ3n) is 3.96. The molecule has 3 rings (SSSR count). The number of carbonyl (C=O) groups is 2. The Labute approximate surface area is 142 Å². The van der Waals surface area contributed by atoms with E-state index in [0.717, 1.165) is 0 Å². The number of nitro benzene ring substituents is 1. The quantitative estimate of drug-likeness (QED) is 0.518. The molecule has 0 aromatic heterocycles. The van der Waals surface area contributed by atoms with Gasteiger partial charge in [0.25, 0.3) is 11.6 Å². The standard InChI is InChI=1S/C17H15N3O5/c1-10(21)11-6-7-12(14(8-11)20(23)24)19-9-16(17(18)22)25-15-5-3-2-4-13(15)19/h2-8,16H,9H2,1H3,(H2,18,22)/t16-/m0/s1. The molecule has 8 nitrogen and oxygen atoms in total. The van der Waals surface area contributed by atoms with Crippen molar-refractivity contribution < 1.29 is 19.2 Å². The summed E-state index contributed by atoms with van der Waals surface area (Å²) < 4.78 is 5.57. The fourth-order valence-corrected chi connectivity index (χ4v) is 2.73. The average molecular weight is 341 g/mol. The molecule has 0 saturated carbocycles. The molecule has 1 aliphatic rings. The first-order valence-electron chi connectivity index (χ1n) is 7.50. The second-order valence-electron chi connectivity index (χ2n) is 5.60. The number of nitro groups is 1. The van der Waals surface area contributed by atoms with Crippen LogP contribution in [0.5, 0.6) is 5.75 Å². The molecule has 1 heterocycles. The van der Waals surface area contributed by atoms with Gasteiger partial charge in [-0.3, -0.25) is 19.7 Å². The van der Waals surface area contributed by atoms with Gasteiger partial charge in [-0.2, -0.15) is 0 Å². The van der Waals surface area contributed by atoms with Crippen molar-refractivity contribution in [2.24, 2.45) is 5.73 Å². The largest absolute Gasteiger partial charge is 0.477 e. The maximum Gasteiger partial charge on any atom is 0.293 e. The number of hydrogen-bond donors (Lipinski definition) is 1. The first-order chi connectivity index (χ1) is 11.9. The number of primary amides is 1. The molecule has 25 heavy (non-hydrogen) atoms. The summed E-state index contributed by atoms with van der Waals surface area (Å²) in [5.74, 6) is -0.531. The number of Topliss-reactive ketones (excluding diaryl/α,β-unsaturated/α-hetero) is 1. The number of nitrogens with zero attached hydrogens (tertiary/aromatic N) is 2. The van der Waals surface area contributed by atoms with E-state index in [1.54, 1.807) is 29.2 Å². The second kappa shape index (κ2) is 6.23. The first kappa shape index (κ1) is 16.4. The predicted molar refractivity (Wildman–Crippen MR) is 90.2 cm³/mol. The van der Waals surface area contributed by atoms with Gasteiger partial charge in [0.2, 0.25) is 0 Å². The molecule has 1 aliphatic heterocycles. The molecule has 0 radical (unpaired) electrons. The van der Waals surface area contributed by atoms with E-state index in [2.05, 4.69) is 0 Å². The molecule has 0 aliphatic carbocycles. The minimum atomic E-state index is -0.943. The number of ether oxygens (including phenoxy) is 1. The summed E-state index contributed by atoms with van der Waals surface area (Å²) in [4.78, 5) is 35.7. The molecule has 0 unspecified atom stereocenters. The van der Waals surface area contributed by atoms with E-state index in [9.17, 15) is 19.7 Å². The van der Waals surface area contributed by atoms with E-state index in [1.165, 1.54) is 25.1 Å². The minimum absolute atomic E-state index is 0.0343. The van der Waals surface area contributed by atoms with Gasteiger partial charge in [-0.05, 0) is 31.2 Å². The van der Waals surface area contributed by atoms with Crippen molar-refractivity contribution in [1.82, 2.24) is 0 Å². The summed E-state index contributed by atoms with van der Waals surface area (Å²) >= 11 is 0. The van der Waals surface area contributed by atoms with Crippen LogP contribution in [0.25, 0.3) is 0 Å². The summed E-state index contributed by atoms with van der Waals surface area (Å²) in [6, 6.07) is 11.1. The van der Waals surface area contributed by atoms with Crippen LogP contribution in [0.2, 0.25) is 0 Å². The third kappa shape index (κ3) is 3.01. The highest BCUT2D eigenvalue weighted by atomic mass is 16.6. The van der Waals surface area contributed by atoms with Crippen LogP contribution >= 0.6 is 0 Å². The third-order valence-corrected chi connectivity index (χ3v) is 3.96. The Morgan fingerprint density at radius 2 is 1.96 bits per heavy atom. The van der Waals surface area contributed by atoms with Crippen LogP contribution in [0.15, 0.2) is 42.5 Å². The van der Waals surface area contributed by atoms with Crippen molar-refractivity contribution in [1.29, 1.82) is 0 Å². The van der Waals surface area contributed by atoms with Crippen LogP contribution in [-0.2, 0) is 4.79 Å². The molecule has 2 aromatic rings. The van der Waals surface area contributed by atoms with Gasteiger partial charge in [0.05, 0.1) is 17.2 Å². The Morgan fingerprint density at radius 1 is 1.24 bits per heavy atom. The second-order valence-corrected chi connectivity index (χ2v) is 5.60. The Kier molecular flexibility index (Phi) is 4.10. The van der Waals surface area contributed by atoms with Crippen LogP contribution < -0.4 is 15.4 Å². The van der Waals surface area contributed by atoms with E-state index in [0.29, 0.717) is 11.4 Å². The zero-order valence-corrected chi connectivity index (χ0v) is 13.3. The lowest BCUT2D eigenvalue weighted by Gasteiger charge is -2.34. The van der Waals surface area contributed by atoms with Crippen molar-refractivity contribution in [2.75, 3.05) is 11.4 Å². The van der Waals surface area contributed by atoms with Crippen molar-refractivity contribution in [2.45, 2.75) is 13.0 Å². The van der Waals surface area contributed by atoms with Gasteiger partial charge in [-0.25, -0.2) is 0 Å². The Bertz CT molecular complexity index is 880. The van der Waals surface area contributed by atoms with Crippen molar-refractivity contribution in [3.05, 3.63) is 58.1 Å². The molecule has 128 valence electrons. The van der Waals surface area contributed by atoms with E-state index >= 15 is 0 Å². The topological polar surface area (TPSA) is 116 Å². The predicted octanol–water partition coefficient (Wildman–Crippen LogP) is 2.18. The fraction of sp³-hybridized carbons (Fsp3) is 0.176. The van der Waals surface area contributed by atoms with Gasteiger partial charge in [0.15, 0.2) is 11.9 Å². The van der Waals surface area contributed by atoms with Gasteiger partial charge in [0, 0.05) is 11.6 Å². The van der Waals surface area contributed by atoms with E-state index < -0.39 is 16.9 Å². The number of fused-ring (bicyclic) bond motifs is 1. The van der Waals surface area contributed by atoms with Crippen LogP contribution in [0.1, 0.15) is 17.3 Å². The van der Waals surface area contributed by atoms with Crippen LogP contribution in [0, 0.1) is 10.1 Å². The number of nitrogens with two attached hydrogens (primary N) is 1. The lowest BCUT2D eigenvalue weighted by molar-refractivity contribution is -0.384. The Hall–Kier alpha value is -3.42. The number of para-hydroxylation sites is 2. The zero-order chi connectivity index (χ0) is 18.1. The van der Waals surface area contributed by atoms with Crippen LogP contribution in [0.4, 0.5) is 17.1 Å². The van der Waals surface area contributed by atoms with Crippen molar-refractivity contribution >= 4 is 28.8 Å². The molecule has 2 N–H and O–H groups in total. The number of anilines is 2. The number of amides is 1. The van der Waals surface area contributed by atoms with Gasteiger partial charge in [0.1, 0.15) is 11.4 Å². The smallest absolute Gasteiger partial charge is 0.293 e. The molecular weight excluding hydrogens is 326 g/mol. The summed E-state index contributed by atoms with van der Waals surface area (Å²) in [7, 11) is 0. The first-order valence-corrected chi connectivity index (χ1v) is 7.50. The minimum Gasteiger partial charge on any atom is -0.477 e. The van der Waals surface area contributed by atoms with E-state index in [-0.39, 0.29) is 29.3 Å². The molecular formula is C17H15N3O5. The van der Waals surface area contributed by atoms with Gasteiger partial charge in [-0.1, -0.05) is 12.1 Å². The molecule has 0 fully saturated rings. The summed E-state index contributed by atoms with van der Waals surface area (Å²) in [5.41, 5.74) is 6.21. The van der Waals surface area contributed by atoms with Crippen LogP contribution in [0.3, 0.4) is 0 Å². The fourth-order valence-electron chi connectivity index (χ4n) is 2.73. The monoisotopic (exact) mass is 341 g/mol. The normalized spacial score (nSPS) is 15.9. The number of rotatable bonds is 4. The number of hydrogen-bond acceptors (Lipinski definition) is 6. The highest BCUT2D eigenvalue weighted by molar-refractivity contribution is 5.96. The molecule has 0 saturated heterocycles. The maximum atomic E-state index is 11.6. The molecule has 1 amide bonds. The highest BCUT2D eigenvalue weighted by Gasteiger charge is 2.33. The summed E-state index contributed by atoms with van der Waals surface area (Å²) in [6.45, 7) is 1.37. The summed E-state index contributed by atoms with van der Waals surface area (Å²) in [6.07, 6.45) is -0.943. The van der Waals surface area contributed by atoms with Crippen molar-refractivity contribution in [3.63, 3.8) is 0 Å². The Morgan fingerprint density at radius 3 is 2.60 bits per heavy atom. The molecule has 0 spiro atoms. The van der Waals surface area contributed by atoms with E-state index in [4.69, 9.17) is 10.5 Å². The SMILES string of the molecule is CC(=O)c1ccc(N2C[C@@H](C(N)=O)Oc3ccccc32)c([N+](=O)[O-])c1. The van der Waals surface area contributed by atoms with Crippen LogP contribution in [-0.4, -0.2) is 29.3 Å². The van der Waals surface area contributed by atoms with Gasteiger partial charge >= 0.3 is 0 Å². The lowest BCUT2D eigenvalue weighted by atomic mass is 10.1. The Balaban J connectivity index is 2.16. The molecule has 8 heteroatoms.